The van der Waals surface area contributed by atoms with Crippen LogP contribution in [0.1, 0.15) is 34.0 Å². The summed E-state index contributed by atoms with van der Waals surface area (Å²) in [5.41, 5.74) is -0.357. The number of nitrogens with zero attached hydrogens (tertiary/aromatic N) is 1. The Kier molecular flexibility index (Phi) is 5.57. The standard InChI is InChI=1S/C19H19F3N2O4/c1-28-12-4-2-3-10(7-12)18(27)24-16-13(8-14(25)17(16)26)11-5-6-15(23-9-11)19(20,21)22/h2-7,9,13-14,16-17,25-26H,8H2,1H3,(H,24,27). The molecule has 150 valence electrons. The number of halogens is 3. The minimum Gasteiger partial charge on any atom is -0.497 e. The molecule has 1 aromatic heterocycles. The van der Waals surface area contributed by atoms with Crippen molar-refractivity contribution in [3.05, 3.63) is 59.4 Å². The Bertz CT molecular complexity index is 842. The van der Waals surface area contributed by atoms with E-state index in [2.05, 4.69) is 10.3 Å². The maximum absolute atomic E-state index is 12.7. The molecule has 3 N–H and O–H groups in total. The van der Waals surface area contributed by atoms with E-state index in [0.717, 1.165) is 12.3 Å². The Morgan fingerprint density at radius 1 is 1.25 bits per heavy atom. The van der Waals surface area contributed by atoms with Crippen LogP contribution in [-0.4, -0.2) is 46.5 Å². The fraction of sp³-hybridized carbons (Fsp3) is 0.368. The number of pyridine rings is 1. The van der Waals surface area contributed by atoms with Crippen LogP contribution in [0.15, 0.2) is 42.6 Å². The lowest BCUT2D eigenvalue weighted by molar-refractivity contribution is -0.141. The molecule has 4 unspecified atom stereocenters. The Balaban J connectivity index is 1.82. The van der Waals surface area contributed by atoms with Crippen molar-refractivity contribution in [3.8, 4) is 5.75 Å². The van der Waals surface area contributed by atoms with Crippen LogP contribution < -0.4 is 10.1 Å². The van der Waals surface area contributed by atoms with Gasteiger partial charge in [0, 0.05) is 17.7 Å². The fourth-order valence-electron chi connectivity index (χ4n) is 3.34. The second kappa shape index (κ2) is 7.76. The Labute approximate surface area is 159 Å². The molecule has 0 aliphatic heterocycles. The first-order chi connectivity index (χ1) is 13.2. The zero-order valence-electron chi connectivity index (χ0n) is 14.8. The zero-order chi connectivity index (χ0) is 20.5. The molecular weight excluding hydrogens is 377 g/mol. The van der Waals surface area contributed by atoms with Crippen molar-refractivity contribution < 1.29 is 32.9 Å². The van der Waals surface area contributed by atoms with Gasteiger partial charge in [0.05, 0.1) is 19.3 Å². The normalized spacial score (nSPS) is 24.8. The van der Waals surface area contributed by atoms with E-state index >= 15 is 0 Å². The number of hydrogen-bond acceptors (Lipinski definition) is 5. The average molecular weight is 396 g/mol. The second-order valence-electron chi connectivity index (χ2n) is 6.61. The van der Waals surface area contributed by atoms with E-state index in [1.165, 1.54) is 19.2 Å². The predicted octanol–water partition coefficient (Wildman–Crippen LogP) is 2.12. The van der Waals surface area contributed by atoms with Crippen LogP contribution in [0, 0.1) is 0 Å². The number of carbonyl (C=O) groups is 1. The number of carbonyl (C=O) groups excluding carboxylic acids is 1. The van der Waals surface area contributed by atoms with Crippen LogP contribution in [0.25, 0.3) is 0 Å². The summed E-state index contributed by atoms with van der Waals surface area (Å²) < 4.78 is 43.2. The minimum absolute atomic E-state index is 0.0806. The van der Waals surface area contributed by atoms with Crippen LogP contribution in [0.2, 0.25) is 0 Å². The molecule has 3 rings (SSSR count). The van der Waals surface area contributed by atoms with Crippen molar-refractivity contribution in [1.29, 1.82) is 0 Å². The van der Waals surface area contributed by atoms with E-state index in [-0.39, 0.29) is 12.0 Å². The van der Waals surface area contributed by atoms with Gasteiger partial charge < -0.3 is 20.3 Å². The van der Waals surface area contributed by atoms with Crippen molar-refractivity contribution in [2.24, 2.45) is 0 Å². The predicted molar refractivity (Wildman–Crippen MR) is 92.9 cm³/mol. The van der Waals surface area contributed by atoms with Crippen molar-refractivity contribution in [2.45, 2.75) is 36.8 Å². The summed E-state index contributed by atoms with van der Waals surface area (Å²) >= 11 is 0. The Morgan fingerprint density at radius 2 is 2.00 bits per heavy atom. The van der Waals surface area contributed by atoms with E-state index in [1.807, 2.05) is 0 Å². The number of methoxy groups -OCH3 is 1. The van der Waals surface area contributed by atoms with Gasteiger partial charge >= 0.3 is 6.18 Å². The molecule has 0 bridgehead atoms. The molecule has 1 amide bonds. The number of ether oxygens (including phenoxy) is 1. The summed E-state index contributed by atoms with van der Waals surface area (Å²) in [7, 11) is 1.46. The molecule has 9 heteroatoms. The highest BCUT2D eigenvalue weighted by atomic mass is 19.4. The third-order valence-electron chi connectivity index (χ3n) is 4.83. The van der Waals surface area contributed by atoms with Gasteiger partial charge in [-0.3, -0.25) is 9.78 Å². The first-order valence-corrected chi connectivity index (χ1v) is 8.55. The van der Waals surface area contributed by atoms with Gasteiger partial charge in [-0.2, -0.15) is 13.2 Å². The number of benzene rings is 1. The quantitative estimate of drug-likeness (QED) is 0.737. The number of aromatic nitrogens is 1. The van der Waals surface area contributed by atoms with Gasteiger partial charge in [-0.1, -0.05) is 12.1 Å². The summed E-state index contributed by atoms with van der Waals surface area (Å²) in [5.74, 6) is -0.612. The lowest BCUT2D eigenvalue weighted by Crippen LogP contribution is -2.45. The van der Waals surface area contributed by atoms with Crippen LogP contribution in [0.4, 0.5) is 13.2 Å². The monoisotopic (exact) mass is 396 g/mol. The first-order valence-electron chi connectivity index (χ1n) is 8.55. The summed E-state index contributed by atoms with van der Waals surface area (Å²) in [4.78, 5) is 16.0. The fourth-order valence-corrected chi connectivity index (χ4v) is 3.34. The zero-order valence-corrected chi connectivity index (χ0v) is 14.8. The van der Waals surface area contributed by atoms with Gasteiger partial charge in [-0.05, 0) is 36.2 Å². The third kappa shape index (κ3) is 4.10. The highest BCUT2D eigenvalue weighted by Gasteiger charge is 2.43. The number of amides is 1. The summed E-state index contributed by atoms with van der Waals surface area (Å²) in [6.07, 6.45) is -5.81. The third-order valence-corrected chi connectivity index (χ3v) is 4.83. The highest BCUT2D eigenvalue weighted by Crippen LogP contribution is 2.36. The molecule has 6 nitrogen and oxygen atoms in total. The average Bonchev–Trinajstić information content (AvgIpc) is 2.96. The molecule has 1 aliphatic carbocycles. The van der Waals surface area contributed by atoms with Gasteiger partial charge in [0.15, 0.2) is 0 Å². The first kappa shape index (κ1) is 20.1. The van der Waals surface area contributed by atoms with E-state index in [9.17, 15) is 28.2 Å². The maximum atomic E-state index is 12.7. The van der Waals surface area contributed by atoms with Gasteiger partial charge in [0.2, 0.25) is 0 Å². The maximum Gasteiger partial charge on any atom is 0.433 e. The molecule has 28 heavy (non-hydrogen) atoms. The van der Waals surface area contributed by atoms with E-state index in [4.69, 9.17) is 4.74 Å². The lowest BCUT2D eigenvalue weighted by Gasteiger charge is -2.24. The molecule has 4 atom stereocenters. The van der Waals surface area contributed by atoms with Crippen LogP contribution in [-0.2, 0) is 6.18 Å². The second-order valence-corrected chi connectivity index (χ2v) is 6.61. The molecule has 1 aromatic carbocycles. The van der Waals surface area contributed by atoms with E-state index in [1.54, 1.807) is 18.2 Å². The van der Waals surface area contributed by atoms with Crippen molar-refractivity contribution in [2.75, 3.05) is 7.11 Å². The molecule has 0 saturated heterocycles. The van der Waals surface area contributed by atoms with Crippen molar-refractivity contribution in [1.82, 2.24) is 10.3 Å². The summed E-state index contributed by atoms with van der Waals surface area (Å²) in [5, 5.41) is 23.0. The van der Waals surface area contributed by atoms with Gasteiger partial charge in [0.25, 0.3) is 5.91 Å². The number of alkyl halides is 3. The lowest BCUT2D eigenvalue weighted by atomic mass is 9.94. The summed E-state index contributed by atoms with van der Waals surface area (Å²) in [6, 6.07) is 7.58. The number of aliphatic hydroxyl groups excluding tert-OH is 2. The number of rotatable bonds is 4. The molecular formula is C19H19F3N2O4. The minimum atomic E-state index is -4.56. The molecule has 0 spiro atoms. The Morgan fingerprint density at radius 3 is 2.61 bits per heavy atom. The van der Waals surface area contributed by atoms with Gasteiger partial charge in [-0.25, -0.2) is 0 Å². The smallest absolute Gasteiger partial charge is 0.433 e. The van der Waals surface area contributed by atoms with Crippen LogP contribution in [0.5, 0.6) is 5.75 Å². The molecule has 1 saturated carbocycles. The van der Waals surface area contributed by atoms with Crippen LogP contribution >= 0.6 is 0 Å². The van der Waals surface area contributed by atoms with Crippen molar-refractivity contribution in [3.63, 3.8) is 0 Å². The van der Waals surface area contributed by atoms with Crippen molar-refractivity contribution >= 4 is 5.91 Å². The molecule has 1 fully saturated rings. The van der Waals surface area contributed by atoms with Gasteiger partial charge in [-0.15, -0.1) is 0 Å². The molecule has 1 heterocycles. The largest absolute Gasteiger partial charge is 0.497 e. The highest BCUT2D eigenvalue weighted by molar-refractivity contribution is 5.94. The topological polar surface area (TPSA) is 91.7 Å². The van der Waals surface area contributed by atoms with Gasteiger partial charge in [0.1, 0.15) is 17.5 Å². The van der Waals surface area contributed by atoms with E-state index in [0.29, 0.717) is 11.3 Å². The van der Waals surface area contributed by atoms with Crippen LogP contribution in [0.3, 0.4) is 0 Å². The number of nitrogens with one attached hydrogen (secondary N) is 1. The SMILES string of the molecule is COc1cccc(C(=O)NC2C(c3ccc(C(F)(F)F)nc3)CC(O)C2O)c1. The summed E-state index contributed by atoms with van der Waals surface area (Å²) in [6.45, 7) is 0. The molecule has 1 aliphatic rings. The Hall–Kier alpha value is -2.65. The van der Waals surface area contributed by atoms with E-state index < -0.39 is 41.9 Å². The number of hydrogen-bond donors (Lipinski definition) is 3. The number of aliphatic hydroxyl groups is 2. The molecule has 2 aromatic rings. The molecule has 0 radical (unpaired) electrons.